The van der Waals surface area contributed by atoms with Crippen molar-refractivity contribution in [2.75, 3.05) is 19.6 Å². The summed E-state index contributed by atoms with van der Waals surface area (Å²) in [6.45, 7) is 7.22. The van der Waals surface area contributed by atoms with Crippen LogP contribution >= 0.6 is 0 Å². The van der Waals surface area contributed by atoms with Gasteiger partial charge in [-0.25, -0.2) is 0 Å². The summed E-state index contributed by atoms with van der Waals surface area (Å²) in [5, 5.41) is 2.72. The molecule has 0 saturated heterocycles. The Morgan fingerprint density at radius 3 is 2.23 bits per heavy atom. The molecule has 0 fully saturated rings. The van der Waals surface area contributed by atoms with Crippen molar-refractivity contribution in [3.05, 3.63) is 35.4 Å². The highest BCUT2D eigenvalue weighted by molar-refractivity contribution is 5.85. The van der Waals surface area contributed by atoms with Crippen LogP contribution in [0.15, 0.2) is 24.3 Å². The lowest BCUT2D eigenvalue weighted by atomic mass is 10.0. The summed E-state index contributed by atoms with van der Waals surface area (Å²) in [6, 6.07) is 8.22. The van der Waals surface area contributed by atoms with Gasteiger partial charge in [0, 0.05) is 13.1 Å². The maximum absolute atomic E-state index is 12.3. The minimum absolute atomic E-state index is 0.00457. The van der Waals surface area contributed by atoms with Gasteiger partial charge in [0.25, 0.3) is 0 Å². The van der Waals surface area contributed by atoms with Gasteiger partial charge in [-0.1, -0.05) is 37.6 Å². The average molecular weight is 304 g/mol. The smallest absolute Gasteiger partial charge is 0.239 e. The van der Waals surface area contributed by atoms with Crippen molar-refractivity contribution in [3.8, 4) is 0 Å². The van der Waals surface area contributed by atoms with E-state index in [4.69, 9.17) is 0 Å². The molecule has 0 radical (unpaired) electrons. The Hall–Kier alpha value is -1.84. The molecule has 4 nitrogen and oxygen atoms in total. The van der Waals surface area contributed by atoms with Gasteiger partial charge in [0.1, 0.15) is 0 Å². The third-order valence-corrected chi connectivity index (χ3v) is 3.64. The SMILES string of the molecule is CCCCc1ccc(CC(=O)N(CC)CC(=O)NCC)cc1. The molecule has 22 heavy (non-hydrogen) atoms. The molecule has 0 atom stereocenters. The number of hydrogen-bond donors (Lipinski definition) is 1. The number of nitrogens with zero attached hydrogens (tertiary/aromatic N) is 1. The second-order valence-electron chi connectivity index (χ2n) is 5.46. The van der Waals surface area contributed by atoms with Gasteiger partial charge in [-0.2, -0.15) is 0 Å². The summed E-state index contributed by atoms with van der Waals surface area (Å²) in [5.74, 6) is -0.109. The third kappa shape index (κ3) is 6.29. The van der Waals surface area contributed by atoms with Crippen molar-refractivity contribution in [1.29, 1.82) is 0 Å². The fourth-order valence-electron chi connectivity index (χ4n) is 2.29. The first-order chi connectivity index (χ1) is 10.6. The van der Waals surface area contributed by atoms with Gasteiger partial charge in [0.05, 0.1) is 13.0 Å². The molecular weight excluding hydrogens is 276 g/mol. The van der Waals surface area contributed by atoms with Crippen LogP contribution in [0.3, 0.4) is 0 Å². The highest BCUT2D eigenvalue weighted by atomic mass is 16.2. The number of aryl methyl sites for hydroxylation is 1. The van der Waals surface area contributed by atoms with E-state index in [1.165, 1.54) is 18.4 Å². The number of amides is 2. The van der Waals surface area contributed by atoms with Crippen LogP contribution in [0, 0.1) is 0 Å². The monoisotopic (exact) mass is 304 g/mol. The second kappa shape index (κ2) is 9.98. The lowest BCUT2D eigenvalue weighted by Crippen LogP contribution is -2.41. The van der Waals surface area contributed by atoms with Crippen molar-refractivity contribution in [1.82, 2.24) is 10.2 Å². The van der Waals surface area contributed by atoms with E-state index in [0.29, 0.717) is 19.5 Å². The highest BCUT2D eigenvalue weighted by Crippen LogP contribution is 2.09. The highest BCUT2D eigenvalue weighted by Gasteiger charge is 2.15. The summed E-state index contributed by atoms with van der Waals surface area (Å²) >= 11 is 0. The van der Waals surface area contributed by atoms with Gasteiger partial charge < -0.3 is 10.2 Å². The molecule has 0 unspecified atom stereocenters. The fraction of sp³-hybridized carbons (Fsp3) is 0.556. The van der Waals surface area contributed by atoms with Gasteiger partial charge in [-0.15, -0.1) is 0 Å². The third-order valence-electron chi connectivity index (χ3n) is 3.64. The topological polar surface area (TPSA) is 49.4 Å². The van der Waals surface area contributed by atoms with Crippen molar-refractivity contribution >= 4 is 11.8 Å². The molecule has 1 N–H and O–H groups in total. The van der Waals surface area contributed by atoms with Crippen LogP contribution in [-0.4, -0.2) is 36.3 Å². The summed E-state index contributed by atoms with van der Waals surface area (Å²) in [7, 11) is 0. The van der Waals surface area contributed by atoms with Crippen molar-refractivity contribution < 1.29 is 9.59 Å². The molecular formula is C18H28N2O2. The fourth-order valence-corrected chi connectivity index (χ4v) is 2.29. The Labute approximate surface area is 133 Å². The van der Waals surface area contributed by atoms with Crippen LogP contribution in [0.25, 0.3) is 0 Å². The maximum Gasteiger partial charge on any atom is 0.239 e. The molecule has 0 aliphatic heterocycles. The van der Waals surface area contributed by atoms with Gasteiger partial charge >= 0.3 is 0 Å². The minimum Gasteiger partial charge on any atom is -0.355 e. The minimum atomic E-state index is -0.104. The van der Waals surface area contributed by atoms with E-state index in [0.717, 1.165) is 12.0 Å². The van der Waals surface area contributed by atoms with Crippen molar-refractivity contribution in [3.63, 3.8) is 0 Å². The molecule has 1 aromatic rings. The molecule has 0 aliphatic rings. The Balaban J connectivity index is 2.56. The Morgan fingerprint density at radius 2 is 1.68 bits per heavy atom. The number of unbranched alkanes of at least 4 members (excludes halogenated alkanes) is 1. The van der Waals surface area contributed by atoms with E-state index in [-0.39, 0.29) is 18.4 Å². The lowest BCUT2D eigenvalue weighted by molar-refractivity contribution is -0.135. The number of carbonyl (C=O) groups is 2. The van der Waals surface area contributed by atoms with Gasteiger partial charge in [-0.05, 0) is 37.8 Å². The summed E-state index contributed by atoms with van der Waals surface area (Å²) in [5.41, 5.74) is 2.31. The lowest BCUT2D eigenvalue weighted by Gasteiger charge is -2.20. The predicted octanol–water partition coefficient (Wildman–Crippen LogP) is 2.56. The zero-order valence-electron chi connectivity index (χ0n) is 14.0. The standard InChI is InChI=1S/C18H28N2O2/c1-4-7-8-15-9-11-16(12-10-15)13-18(22)20(6-3)14-17(21)19-5-2/h9-12H,4-8,13-14H2,1-3H3,(H,19,21). The number of nitrogens with one attached hydrogen (secondary N) is 1. The number of hydrogen-bond acceptors (Lipinski definition) is 2. The normalized spacial score (nSPS) is 10.3. The van der Waals surface area contributed by atoms with Crippen molar-refractivity contribution in [2.45, 2.75) is 46.5 Å². The molecule has 0 spiro atoms. The van der Waals surface area contributed by atoms with E-state index in [9.17, 15) is 9.59 Å². The summed E-state index contributed by atoms with van der Waals surface area (Å²) in [4.78, 5) is 25.5. The van der Waals surface area contributed by atoms with E-state index in [1.54, 1.807) is 4.90 Å². The molecule has 4 heteroatoms. The molecule has 1 rings (SSSR count). The maximum atomic E-state index is 12.3. The van der Waals surface area contributed by atoms with Crippen LogP contribution in [0.2, 0.25) is 0 Å². The largest absolute Gasteiger partial charge is 0.355 e. The van der Waals surface area contributed by atoms with Crippen LogP contribution in [0.5, 0.6) is 0 Å². The quantitative estimate of drug-likeness (QED) is 0.762. The van der Waals surface area contributed by atoms with Crippen LogP contribution < -0.4 is 5.32 Å². The number of carbonyl (C=O) groups excluding carboxylic acids is 2. The Kier molecular flexibility index (Phi) is 8.26. The predicted molar refractivity (Wildman–Crippen MR) is 89.7 cm³/mol. The Morgan fingerprint density at radius 1 is 1.05 bits per heavy atom. The number of likely N-dealkylation sites (N-methyl/N-ethyl adjacent to an activating group) is 2. The van der Waals surface area contributed by atoms with E-state index < -0.39 is 0 Å². The molecule has 0 aliphatic carbocycles. The zero-order valence-corrected chi connectivity index (χ0v) is 14.0. The van der Waals surface area contributed by atoms with E-state index in [2.05, 4.69) is 24.4 Å². The van der Waals surface area contributed by atoms with Crippen LogP contribution in [-0.2, 0) is 22.4 Å². The molecule has 2 amide bonds. The van der Waals surface area contributed by atoms with Gasteiger partial charge in [-0.3, -0.25) is 9.59 Å². The zero-order chi connectivity index (χ0) is 16.4. The molecule has 0 saturated carbocycles. The first-order valence-electron chi connectivity index (χ1n) is 8.22. The average Bonchev–Trinajstić information content (AvgIpc) is 2.52. The van der Waals surface area contributed by atoms with Crippen LogP contribution in [0.1, 0.15) is 44.7 Å². The van der Waals surface area contributed by atoms with Crippen molar-refractivity contribution in [2.24, 2.45) is 0 Å². The summed E-state index contributed by atoms with van der Waals surface area (Å²) < 4.78 is 0. The molecule has 0 aromatic heterocycles. The summed E-state index contributed by atoms with van der Waals surface area (Å²) in [6.07, 6.45) is 3.81. The van der Waals surface area contributed by atoms with Gasteiger partial charge in [0.15, 0.2) is 0 Å². The molecule has 1 aromatic carbocycles. The van der Waals surface area contributed by atoms with Gasteiger partial charge in [0.2, 0.25) is 11.8 Å². The van der Waals surface area contributed by atoms with E-state index >= 15 is 0 Å². The van der Waals surface area contributed by atoms with Crippen LogP contribution in [0.4, 0.5) is 0 Å². The number of rotatable bonds is 9. The molecule has 0 bridgehead atoms. The first-order valence-corrected chi connectivity index (χ1v) is 8.22. The molecule has 122 valence electrons. The number of benzene rings is 1. The second-order valence-corrected chi connectivity index (χ2v) is 5.46. The Bertz CT molecular complexity index is 468. The van der Waals surface area contributed by atoms with E-state index in [1.807, 2.05) is 26.0 Å². The first kappa shape index (κ1) is 18.2. The molecule has 0 heterocycles.